The third-order valence-corrected chi connectivity index (χ3v) is 7.02. The van der Waals surface area contributed by atoms with Crippen LogP contribution < -0.4 is 10.1 Å². The summed E-state index contributed by atoms with van der Waals surface area (Å²) in [5.41, 5.74) is 1.29. The van der Waals surface area contributed by atoms with Crippen LogP contribution in [0.1, 0.15) is 46.6 Å². The fourth-order valence-corrected chi connectivity index (χ4v) is 4.77. The number of hydrogen-bond acceptors (Lipinski definition) is 8. The van der Waals surface area contributed by atoms with Crippen molar-refractivity contribution in [1.82, 2.24) is 14.8 Å². The Morgan fingerprint density at radius 3 is 2.73 bits per heavy atom. The van der Waals surface area contributed by atoms with Crippen LogP contribution in [0.2, 0.25) is 5.02 Å². The van der Waals surface area contributed by atoms with Gasteiger partial charge in [-0.3, -0.25) is 4.79 Å². The summed E-state index contributed by atoms with van der Waals surface area (Å²) in [6.45, 7) is 7.67. The number of aromatic nitrogens is 3. The van der Waals surface area contributed by atoms with Crippen LogP contribution in [-0.4, -0.2) is 39.0 Å². The number of thioether (sulfide) groups is 1. The highest BCUT2D eigenvalue weighted by Gasteiger charge is 2.20. The van der Waals surface area contributed by atoms with Crippen LogP contribution in [-0.2, 0) is 16.6 Å². The molecule has 1 atom stereocenters. The maximum absolute atomic E-state index is 12.5. The fourth-order valence-electron chi connectivity index (χ4n) is 3.01. The molecule has 2 aromatic heterocycles. The molecule has 0 bridgehead atoms. The second kappa shape index (κ2) is 11.0. The summed E-state index contributed by atoms with van der Waals surface area (Å²) in [7, 11) is 1.82. The highest BCUT2D eigenvalue weighted by Crippen LogP contribution is 2.29. The summed E-state index contributed by atoms with van der Waals surface area (Å²) in [6.07, 6.45) is -0.354. The van der Waals surface area contributed by atoms with Crippen LogP contribution in [0.15, 0.2) is 29.4 Å². The zero-order chi connectivity index (χ0) is 24.1. The van der Waals surface area contributed by atoms with E-state index in [-0.39, 0.29) is 24.4 Å². The standard InChI is InChI=1S/C22H25ClN4O4S2/c1-6-30-21(29)16-10-13(3)33-20(16)24-18(28)11-32-22-26-25-19(27(22)5)14(4)31-15-7-8-17(23)12(2)9-15/h7-10,14H,6,11H2,1-5H3,(H,24,28). The van der Waals surface area contributed by atoms with Crippen molar-refractivity contribution < 1.29 is 19.1 Å². The predicted molar refractivity (Wildman–Crippen MR) is 131 cm³/mol. The summed E-state index contributed by atoms with van der Waals surface area (Å²) >= 11 is 8.65. The number of rotatable bonds is 9. The molecule has 8 nitrogen and oxygen atoms in total. The van der Waals surface area contributed by atoms with Gasteiger partial charge in [-0.25, -0.2) is 4.79 Å². The van der Waals surface area contributed by atoms with Crippen LogP contribution in [0.3, 0.4) is 0 Å². The molecule has 2 heterocycles. The molecule has 0 aliphatic heterocycles. The van der Waals surface area contributed by atoms with Crippen LogP contribution in [0, 0.1) is 13.8 Å². The molecule has 0 aliphatic rings. The van der Waals surface area contributed by atoms with Gasteiger partial charge in [0, 0.05) is 16.9 Å². The van der Waals surface area contributed by atoms with Gasteiger partial charge in [0.25, 0.3) is 0 Å². The Morgan fingerprint density at radius 1 is 1.27 bits per heavy atom. The van der Waals surface area contributed by atoms with Crippen molar-refractivity contribution in [3.05, 3.63) is 51.1 Å². The Kier molecular flexibility index (Phi) is 8.39. The highest BCUT2D eigenvalue weighted by molar-refractivity contribution is 7.99. The van der Waals surface area contributed by atoms with Gasteiger partial charge < -0.3 is 19.4 Å². The maximum atomic E-state index is 12.5. The normalized spacial score (nSPS) is 11.8. The smallest absolute Gasteiger partial charge is 0.341 e. The SMILES string of the molecule is CCOC(=O)c1cc(C)sc1NC(=O)CSc1nnc(C(C)Oc2ccc(Cl)c(C)c2)n1C. The molecule has 33 heavy (non-hydrogen) atoms. The van der Waals surface area contributed by atoms with Gasteiger partial charge in [-0.2, -0.15) is 0 Å². The average molecular weight is 509 g/mol. The number of aryl methyl sites for hydroxylation is 2. The van der Waals surface area contributed by atoms with E-state index < -0.39 is 5.97 Å². The van der Waals surface area contributed by atoms with E-state index in [0.717, 1.165) is 10.4 Å². The Morgan fingerprint density at radius 2 is 2.03 bits per heavy atom. The number of amides is 1. The van der Waals surface area contributed by atoms with E-state index >= 15 is 0 Å². The first-order chi connectivity index (χ1) is 15.7. The number of esters is 1. The number of thiophene rings is 1. The van der Waals surface area contributed by atoms with Gasteiger partial charge in [0.1, 0.15) is 10.8 Å². The molecule has 3 aromatic rings. The van der Waals surface area contributed by atoms with Crippen molar-refractivity contribution >= 4 is 51.6 Å². The molecule has 0 fully saturated rings. The van der Waals surface area contributed by atoms with Crippen LogP contribution in [0.25, 0.3) is 0 Å². The molecule has 0 saturated heterocycles. The Bertz CT molecular complexity index is 1160. The molecule has 0 aliphatic carbocycles. The minimum Gasteiger partial charge on any atom is -0.483 e. The van der Waals surface area contributed by atoms with Gasteiger partial charge in [0.05, 0.1) is 17.9 Å². The zero-order valence-corrected chi connectivity index (χ0v) is 21.4. The average Bonchev–Trinajstić information content (AvgIpc) is 3.31. The lowest BCUT2D eigenvalue weighted by atomic mass is 10.2. The van der Waals surface area contributed by atoms with Gasteiger partial charge in [0.15, 0.2) is 17.1 Å². The van der Waals surface area contributed by atoms with Crippen molar-refractivity contribution in [2.75, 3.05) is 17.7 Å². The number of benzene rings is 1. The molecule has 3 rings (SSSR count). The number of anilines is 1. The molecule has 176 valence electrons. The second-order valence-corrected chi connectivity index (χ2v) is 9.83. The monoisotopic (exact) mass is 508 g/mol. The van der Waals surface area contributed by atoms with Crippen molar-refractivity contribution in [2.24, 2.45) is 7.05 Å². The van der Waals surface area contributed by atoms with E-state index in [0.29, 0.717) is 32.3 Å². The summed E-state index contributed by atoms with van der Waals surface area (Å²) in [6, 6.07) is 7.17. The summed E-state index contributed by atoms with van der Waals surface area (Å²) in [5, 5.41) is 12.9. The molecular weight excluding hydrogens is 484 g/mol. The molecule has 0 spiro atoms. The fraction of sp³-hybridized carbons (Fsp3) is 0.364. The largest absolute Gasteiger partial charge is 0.483 e. The number of nitrogens with one attached hydrogen (secondary N) is 1. The molecule has 1 aromatic carbocycles. The van der Waals surface area contributed by atoms with Crippen molar-refractivity contribution in [3.63, 3.8) is 0 Å². The lowest BCUT2D eigenvalue weighted by Gasteiger charge is -2.15. The summed E-state index contributed by atoms with van der Waals surface area (Å²) in [5.74, 6) is 0.718. The second-order valence-electron chi connectivity index (χ2n) is 7.23. The topological polar surface area (TPSA) is 95.3 Å². The third kappa shape index (κ3) is 6.27. The van der Waals surface area contributed by atoms with Gasteiger partial charge in [-0.1, -0.05) is 23.4 Å². The Balaban J connectivity index is 1.61. The first kappa shape index (κ1) is 25.1. The third-order valence-electron chi connectivity index (χ3n) is 4.61. The summed E-state index contributed by atoms with van der Waals surface area (Å²) < 4.78 is 12.8. The quantitative estimate of drug-likeness (QED) is 0.313. The van der Waals surface area contributed by atoms with Crippen molar-refractivity contribution in [2.45, 2.75) is 39.0 Å². The van der Waals surface area contributed by atoms with Gasteiger partial charge in [-0.05, 0) is 57.5 Å². The van der Waals surface area contributed by atoms with Gasteiger partial charge in [0.2, 0.25) is 5.91 Å². The first-order valence-corrected chi connectivity index (χ1v) is 12.4. The number of ether oxygens (including phenoxy) is 2. The van der Waals surface area contributed by atoms with Crippen LogP contribution in [0.4, 0.5) is 5.00 Å². The zero-order valence-electron chi connectivity index (χ0n) is 19.0. The van der Waals surface area contributed by atoms with Gasteiger partial charge in [-0.15, -0.1) is 21.5 Å². The lowest BCUT2D eigenvalue weighted by Crippen LogP contribution is -2.16. The van der Waals surface area contributed by atoms with Gasteiger partial charge >= 0.3 is 5.97 Å². The molecule has 11 heteroatoms. The summed E-state index contributed by atoms with van der Waals surface area (Å²) in [4.78, 5) is 25.5. The van der Waals surface area contributed by atoms with Crippen molar-refractivity contribution in [3.8, 4) is 5.75 Å². The minimum absolute atomic E-state index is 0.108. The van der Waals surface area contributed by atoms with E-state index in [2.05, 4.69) is 15.5 Å². The van der Waals surface area contributed by atoms with E-state index in [9.17, 15) is 9.59 Å². The van der Waals surface area contributed by atoms with Crippen molar-refractivity contribution in [1.29, 1.82) is 0 Å². The van der Waals surface area contributed by atoms with E-state index in [1.54, 1.807) is 29.7 Å². The number of hydrogen-bond donors (Lipinski definition) is 1. The predicted octanol–water partition coefficient (Wildman–Crippen LogP) is 5.19. The van der Waals surface area contributed by atoms with Crippen LogP contribution >= 0.6 is 34.7 Å². The number of carbonyl (C=O) groups excluding carboxylic acids is 2. The molecule has 1 N–H and O–H groups in total. The Labute approximate surface area is 205 Å². The lowest BCUT2D eigenvalue weighted by molar-refractivity contribution is -0.113. The van der Waals surface area contributed by atoms with E-state index in [1.165, 1.54) is 23.1 Å². The molecule has 1 amide bonds. The maximum Gasteiger partial charge on any atom is 0.341 e. The highest BCUT2D eigenvalue weighted by atomic mass is 35.5. The van der Waals surface area contributed by atoms with Crippen LogP contribution in [0.5, 0.6) is 5.75 Å². The first-order valence-electron chi connectivity index (χ1n) is 10.2. The molecular formula is C22H25ClN4O4S2. The molecule has 1 unspecified atom stereocenters. The minimum atomic E-state index is -0.451. The molecule has 0 saturated carbocycles. The molecule has 0 radical (unpaired) electrons. The Hall–Kier alpha value is -2.56. The number of nitrogens with zero attached hydrogens (tertiary/aromatic N) is 3. The van der Waals surface area contributed by atoms with E-state index in [1.807, 2.05) is 33.9 Å². The number of carbonyl (C=O) groups is 2. The van der Waals surface area contributed by atoms with E-state index in [4.69, 9.17) is 21.1 Å². The number of halogens is 1.